The van der Waals surface area contributed by atoms with Gasteiger partial charge in [0.15, 0.2) is 9.84 Å². The van der Waals surface area contributed by atoms with Gasteiger partial charge in [0.2, 0.25) is 5.91 Å². The smallest absolute Gasteiger partial charge is 0.234 e. The van der Waals surface area contributed by atoms with Gasteiger partial charge in [-0.25, -0.2) is 8.42 Å². The van der Waals surface area contributed by atoms with Crippen LogP contribution in [0.1, 0.15) is 20.3 Å². The third-order valence-corrected chi connectivity index (χ3v) is 5.67. The van der Waals surface area contributed by atoms with Gasteiger partial charge < -0.3 is 10.6 Å². The first-order valence-electron chi connectivity index (χ1n) is 6.62. The van der Waals surface area contributed by atoms with E-state index < -0.39 is 14.6 Å². The van der Waals surface area contributed by atoms with Crippen LogP contribution in [0.5, 0.6) is 0 Å². The van der Waals surface area contributed by atoms with Gasteiger partial charge in [-0.05, 0) is 33.4 Å². The summed E-state index contributed by atoms with van der Waals surface area (Å²) in [6.45, 7) is 7.36. The summed E-state index contributed by atoms with van der Waals surface area (Å²) in [6.07, 6.45) is 2.22. The zero-order valence-corrected chi connectivity index (χ0v) is 12.8. The first kappa shape index (κ1) is 16.4. The van der Waals surface area contributed by atoms with Crippen LogP contribution < -0.4 is 10.6 Å². The predicted molar refractivity (Wildman–Crippen MR) is 75.9 cm³/mol. The van der Waals surface area contributed by atoms with Gasteiger partial charge >= 0.3 is 0 Å². The van der Waals surface area contributed by atoms with Crippen molar-refractivity contribution in [2.75, 3.05) is 45.5 Å². The zero-order chi connectivity index (χ0) is 14.5. The van der Waals surface area contributed by atoms with E-state index in [0.29, 0.717) is 6.54 Å². The van der Waals surface area contributed by atoms with Crippen LogP contribution in [-0.4, -0.2) is 69.5 Å². The van der Waals surface area contributed by atoms with Crippen LogP contribution in [0.4, 0.5) is 0 Å². The normalized spacial score (nSPS) is 18.9. The van der Waals surface area contributed by atoms with Crippen LogP contribution >= 0.6 is 0 Å². The summed E-state index contributed by atoms with van der Waals surface area (Å²) >= 11 is 0. The van der Waals surface area contributed by atoms with E-state index in [1.165, 1.54) is 6.26 Å². The van der Waals surface area contributed by atoms with Crippen molar-refractivity contribution >= 4 is 15.7 Å². The molecule has 0 saturated carbocycles. The molecule has 0 aromatic heterocycles. The maximum Gasteiger partial charge on any atom is 0.234 e. The Labute approximate surface area is 115 Å². The Hall–Kier alpha value is -0.660. The molecular formula is C12H25N3O3S. The van der Waals surface area contributed by atoms with E-state index in [1.54, 1.807) is 13.8 Å². The van der Waals surface area contributed by atoms with Crippen molar-refractivity contribution in [3.8, 4) is 0 Å². The minimum absolute atomic E-state index is 0.112. The van der Waals surface area contributed by atoms with Crippen molar-refractivity contribution in [3.05, 3.63) is 0 Å². The highest BCUT2D eigenvalue weighted by Gasteiger charge is 2.30. The molecule has 0 radical (unpaired) electrons. The Morgan fingerprint density at radius 2 is 2.00 bits per heavy atom. The van der Waals surface area contributed by atoms with Gasteiger partial charge in [0.25, 0.3) is 0 Å². The standard InChI is InChI=1S/C12H25N3O3S/c1-12(2,19(3,17)18)10-14-11(16)9-15-7-4-5-13-6-8-15/h13H,4-10H2,1-3H3,(H,14,16). The van der Waals surface area contributed by atoms with Crippen molar-refractivity contribution in [2.24, 2.45) is 0 Å². The van der Waals surface area contributed by atoms with Crippen molar-refractivity contribution < 1.29 is 13.2 Å². The second kappa shape index (κ2) is 6.67. The van der Waals surface area contributed by atoms with Crippen LogP contribution in [0.2, 0.25) is 0 Å². The monoisotopic (exact) mass is 291 g/mol. The molecule has 0 aliphatic carbocycles. The van der Waals surface area contributed by atoms with E-state index in [2.05, 4.69) is 15.5 Å². The lowest BCUT2D eigenvalue weighted by Crippen LogP contribution is -2.47. The number of amides is 1. The molecule has 1 heterocycles. The van der Waals surface area contributed by atoms with Crippen molar-refractivity contribution in [1.82, 2.24) is 15.5 Å². The van der Waals surface area contributed by atoms with Gasteiger partial charge in [-0.3, -0.25) is 9.69 Å². The highest BCUT2D eigenvalue weighted by molar-refractivity contribution is 7.92. The number of hydrogen-bond acceptors (Lipinski definition) is 5. The molecule has 1 aliphatic heterocycles. The second-order valence-electron chi connectivity index (χ2n) is 5.69. The molecule has 0 aromatic rings. The number of nitrogens with zero attached hydrogens (tertiary/aromatic N) is 1. The first-order chi connectivity index (χ1) is 8.72. The van der Waals surface area contributed by atoms with Crippen LogP contribution in [0, 0.1) is 0 Å². The zero-order valence-electron chi connectivity index (χ0n) is 12.0. The number of sulfone groups is 1. The highest BCUT2D eigenvalue weighted by Crippen LogP contribution is 2.13. The Morgan fingerprint density at radius 1 is 1.32 bits per heavy atom. The topological polar surface area (TPSA) is 78.5 Å². The van der Waals surface area contributed by atoms with Gasteiger partial charge in [0.1, 0.15) is 0 Å². The fourth-order valence-corrected chi connectivity index (χ4v) is 2.10. The minimum Gasteiger partial charge on any atom is -0.353 e. The Balaban J connectivity index is 2.39. The molecule has 1 fully saturated rings. The summed E-state index contributed by atoms with van der Waals surface area (Å²) in [4.78, 5) is 13.9. The van der Waals surface area contributed by atoms with Gasteiger partial charge in [-0.2, -0.15) is 0 Å². The molecule has 19 heavy (non-hydrogen) atoms. The highest BCUT2D eigenvalue weighted by atomic mass is 32.2. The summed E-state index contributed by atoms with van der Waals surface area (Å²) in [5, 5.41) is 5.99. The average molecular weight is 291 g/mol. The number of nitrogens with one attached hydrogen (secondary N) is 2. The molecule has 1 saturated heterocycles. The summed E-state index contributed by atoms with van der Waals surface area (Å²) in [6, 6.07) is 0. The van der Waals surface area contributed by atoms with Gasteiger partial charge in [0, 0.05) is 25.9 Å². The van der Waals surface area contributed by atoms with E-state index in [4.69, 9.17) is 0 Å². The lowest BCUT2D eigenvalue weighted by Gasteiger charge is -2.24. The van der Waals surface area contributed by atoms with Gasteiger partial charge in [0.05, 0.1) is 11.3 Å². The van der Waals surface area contributed by atoms with E-state index in [9.17, 15) is 13.2 Å². The molecule has 112 valence electrons. The van der Waals surface area contributed by atoms with Crippen molar-refractivity contribution in [1.29, 1.82) is 0 Å². The fraction of sp³-hybridized carbons (Fsp3) is 0.917. The molecule has 6 nitrogen and oxygen atoms in total. The summed E-state index contributed by atoms with van der Waals surface area (Å²) in [7, 11) is -3.18. The number of carbonyl (C=O) groups is 1. The summed E-state index contributed by atoms with van der Waals surface area (Å²) < 4.78 is 22.1. The summed E-state index contributed by atoms with van der Waals surface area (Å²) in [5.74, 6) is -0.112. The lowest BCUT2D eigenvalue weighted by atomic mass is 10.2. The molecule has 1 rings (SSSR count). The van der Waals surface area contributed by atoms with Crippen LogP contribution in [0.25, 0.3) is 0 Å². The Bertz CT molecular complexity index is 398. The largest absolute Gasteiger partial charge is 0.353 e. The van der Waals surface area contributed by atoms with Gasteiger partial charge in [-0.1, -0.05) is 0 Å². The Kier molecular flexibility index (Phi) is 5.76. The molecule has 7 heteroatoms. The first-order valence-corrected chi connectivity index (χ1v) is 8.51. The van der Waals surface area contributed by atoms with E-state index in [1.807, 2.05) is 0 Å². The van der Waals surface area contributed by atoms with E-state index >= 15 is 0 Å². The maximum atomic E-state index is 11.8. The fourth-order valence-electron chi connectivity index (χ4n) is 1.76. The lowest BCUT2D eigenvalue weighted by molar-refractivity contribution is -0.122. The molecule has 0 unspecified atom stereocenters. The van der Waals surface area contributed by atoms with Crippen LogP contribution in [-0.2, 0) is 14.6 Å². The van der Waals surface area contributed by atoms with Crippen LogP contribution in [0.15, 0.2) is 0 Å². The van der Waals surface area contributed by atoms with Crippen LogP contribution in [0.3, 0.4) is 0 Å². The molecule has 0 spiro atoms. The molecular weight excluding hydrogens is 266 g/mol. The molecule has 1 aliphatic rings. The molecule has 0 bridgehead atoms. The van der Waals surface area contributed by atoms with Crippen molar-refractivity contribution in [3.63, 3.8) is 0 Å². The molecule has 2 N–H and O–H groups in total. The molecule has 0 aromatic carbocycles. The number of hydrogen-bond donors (Lipinski definition) is 2. The van der Waals surface area contributed by atoms with Crippen molar-refractivity contribution in [2.45, 2.75) is 25.0 Å². The number of rotatable bonds is 5. The predicted octanol–water partition coefficient (Wildman–Crippen LogP) is -0.779. The minimum atomic E-state index is -3.18. The third kappa shape index (κ3) is 5.46. The molecule has 1 amide bonds. The van der Waals surface area contributed by atoms with E-state index in [-0.39, 0.29) is 12.5 Å². The second-order valence-corrected chi connectivity index (χ2v) is 8.34. The quantitative estimate of drug-likeness (QED) is 0.695. The maximum absolute atomic E-state index is 11.8. The third-order valence-electron chi connectivity index (χ3n) is 3.51. The van der Waals surface area contributed by atoms with E-state index in [0.717, 1.165) is 32.6 Å². The average Bonchev–Trinajstić information content (AvgIpc) is 2.53. The Morgan fingerprint density at radius 3 is 2.63 bits per heavy atom. The summed E-state index contributed by atoms with van der Waals surface area (Å²) in [5.41, 5.74) is 0. The SMILES string of the molecule is CC(C)(CNC(=O)CN1CCCNCC1)S(C)(=O)=O. The molecule has 0 atom stereocenters. The number of carbonyl (C=O) groups excluding carboxylic acids is 1. The van der Waals surface area contributed by atoms with Gasteiger partial charge in [-0.15, -0.1) is 0 Å².